The summed E-state index contributed by atoms with van der Waals surface area (Å²) >= 11 is 1.59. The highest BCUT2D eigenvalue weighted by Gasteiger charge is 1.90. The second-order valence-corrected chi connectivity index (χ2v) is 2.89. The van der Waals surface area contributed by atoms with E-state index >= 15 is 0 Å². The molecule has 0 aromatic heterocycles. The Morgan fingerprint density at radius 1 is 1.23 bits per heavy atom. The lowest BCUT2D eigenvalue weighted by Gasteiger charge is -2.00. The Labute approximate surface area is 84.5 Å². The van der Waals surface area contributed by atoms with Gasteiger partial charge in [0, 0.05) is 6.54 Å². The summed E-state index contributed by atoms with van der Waals surface area (Å²) in [5.41, 5.74) is 1.18. The van der Waals surface area contributed by atoms with Crippen molar-refractivity contribution in [2.24, 2.45) is 0 Å². The van der Waals surface area contributed by atoms with Gasteiger partial charge in [-0.25, -0.2) is 0 Å². The summed E-state index contributed by atoms with van der Waals surface area (Å²) in [7, 11) is 0. The van der Waals surface area contributed by atoms with Gasteiger partial charge in [-0.15, -0.1) is 0 Å². The van der Waals surface area contributed by atoms with E-state index in [4.69, 9.17) is 5.11 Å². The van der Waals surface area contributed by atoms with Crippen molar-refractivity contribution in [1.82, 2.24) is 4.72 Å². The summed E-state index contributed by atoms with van der Waals surface area (Å²) in [4.78, 5) is 0. The predicted molar refractivity (Wildman–Crippen MR) is 59.8 cm³/mol. The Hall–Kier alpha value is -0.670. The van der Waals surface area contributed by atoms with Gasteiger partial charge in [0.1, 0.15) is 5.75 Å². The largest absolute Gasteiger partial charge is 0.508 e. The Kier molecular flexibility index (Phi) is 7.54. The van der Waals surface area contributed by atoms with Gasteiger partial charge in [-0.2, -0.15) is 0 Å². The molecule has 0 aliphatic heterocycles. The maximum Gasteiger partial charge on any atom is 0.115 e. The number of aromatic hydroxyl groups is 1. The highest BCUT2D eigenvalue weighted by Crippen LogP contribution is 2.09. The van der Waals surface area contributed by atoms with Crippen LogP contribution in [0.1, 0.15) is 19.4 Å². The fourth-order valence-electron chi connectivity index (χ4n) is 0.769. The van der Waals surface area contributed by atoms with Crippen LogP contribution < -0.4 is 4.72 Å². The van der Waals surface area contributed by atoms with Crippen LogP contribution in [0.25, 0.3) is 0 Å². The van der Waals surface area contributed by atoms with Gasteiger partial charge in [-0.3, -0.25) is 4.72 Å². The summed E-state index contributed by atoms with van der Waals surface area (Å²) in [6.07, 6.45) is 1.99. The fourth-order valence-corrected chi connectivity index (χ4v) is 1.08. The molecule has 0 amide bonds. The average molecular weight is 199 g/mol. The van der Waals surface area contributed by atoms with Crippen molar-refractivity contribution in [3.05, 3.63) is 29.8 Å². The minimum atomic E-state index is 0.318. The van der Waals surface area contributed by atoms with E-state index in [0.717, 1.165) is 6.54 Å². The van der Waals surface area contributed by atoms with E-state index in [1.807, 2.05) is 32.2 Å². The molecule has 0 spiro atoms. The molecular weight excluding hydrogens is 182 g/mol. The number of nitrogens with one attached hydrogen (secondary N) is 1. The standard InChI is InChI=1S/C8H11NOS.C2H6/c1-11-9-6-7-2-4-8(10)5-3-7;1-2/h2-5,9-10H,6H2,1H3;1-2H3. The highest BCUT2D eigenvalue weighted by atomic mass is 32.2. The van der Waals surface area contributed by atoms with Crippen LogP contribution in [0, 0.1) is 0 Å². The molecule has 0 unspecified atom stereocenters. The third-order valence-corrected chi connectivity index (χ3v) is 1.79. The fraction of sp³-hybridized carbons (Fsp3) is 0.400. The molecule has 1 aromatic carbocycles. The van der Waals surface area contributed by atoms with Crippen molar-refractivity contribution in [1.29, 1.82) is 0 Å². The van der Waals surface area contributed by atoms with Gasteiger partial charge in [0.05, 0.1) is 0 Å². The Balaban J connectivity index is 0.000000671. The molecule has 0 bridgehead atoms. The first-order chi connectivity index (χ1) is 6.33. The Morgan fingerprint density at radius 2 is 1.77 bits per heavy atom. The van der Waals surface area contributed by atoms with Gasteiger partial charge in [0.25, 0.3) is 0 Å². The van der Waals surface area contributed by atoms with Crippen LogP contribution >= 0.6 is 11.9 Å². The van der Waals surface area contributed by atoms with Crippen molar-refractivity contribution in [3.63, 3.8) is 0 Å². The van der Waals surface area contributed by atoms with Crippen LogP contribution in [0.4, 0.5) is 0 Å². The first kappa shape index (κ1) is 12.3. The lowest BCUT2D eigenvalue weighted by atomic mass is 10.2. The van der Waals surface area contributed by atoms with Crippen molar-refractivity contribution in [2.45, 2.75) is 20.4 Å². The topological polar surface area (TPSA) is 32.3 Å². The number of hydrogen-bond acceptors (Lipinski definition) is 3. The third-order valence-electron chi connectivity index (χ3n) is 1.36. The zero-order valence-corrected chi connectivity index (χ0v) is 9.19. The smallest absolute Gasteiger partial charge is 0.115 e. The first-order valence-corrected chi connectivity index (χ1v) is 5.59. The Bertz CT molecular complexity index is 211. The number of hydrogen-bond donors (Lipinski definition) is 2. The lowest BCUT2D eigenvalue weighted by molar-refractivity contribution is 0.475. The summed E-state index contributed by atoms with van der Waals surface area (Å²) in [6.45, 7) is 4.83. The van der Waals surface area contributed by atoms with E-state index in [1.165, 1.54) is 5.56 Å². The molecule has 0 radical (unpaired) electrons. The second-order valence-electron chi connectivity index (χ2n) is 2.19. The molecule has 1 rings (SSSR count). The van der Waals surface area contributed by atoms with Crippen LogP contribution in [-0.4, -0.2) is 11.4 Å². The number of rotatable bonds is 3. The molecule has 2 N–H and O–H groups in total. The molecule has 0 aliphatic rings. The molecular formula is C10H17NOS. The second kappa shape index (κ2) is 7.95. The van der Waals surface area contributed by atoms with E-state index in [9.17, 15) is 0 Å². The molecule has 74 valence electrons. The molecule has 0 fully saturated rings. The van der Waals surface area contributed by atoms with E-state index < -0.39 is 0 Å². The third kappa shape index (κ3) is 5.55. The number of phenolic OH excluding ortho intramolecular Hbond substituents is 1. The van der Waals surface area contributed by atoms with Crippen LogP contribution in [0.3, 0.4) is 0 Å². The first-order valence-electron chi connectivity index (χ1n) is 4.36. The molecule has 13 heavy (non-hydrogen) atoms. The van der Waals surface area contributed by atoms with Crippen LogP contribution in [0.5, 0.6) is 5.75 Å². The maximum atomic E-state index is 8.96. The minimum Gasteiger partial charge on any atom is -0.508 e. The zero-order valence-electron chi connectivity index (χ0n) is 8.37. The molecule has 0 atom stereocenters. The summed E-state index contributed by atoms with van der Waals surface area (Å²) in [6, 6.07) is 7.19. The molecule has 3 heteroatoms. The lowest BCUT2D eigenvalue weighted by Crippen LogP contribution is -2.00. The molecule has 0 saturated carbocycles. The van der Waals surface area contributed by atoms with Gasteiger partial charge < -0.3 is 5.11 Å². The minimum absolute atomic E-state index is 0.318. The predicted octanol–water partition coefficient (Wildman–Crippen LogP) is 2.79. The molecule has 1 aromatic rings. The van der Waals surface area contributed by atoms with Crippen molar-refractivity contribution in [2.75, 3.05) is 6.26 Å². The molecule has 0 saturated heterocycles. The van der Waals surface area contributed by atoms with Crippen molar-refractivity contribution >= 4 is 11.9 Å². The molecule has 0 heterocycles. The Morgan fingerprint density at radius 3 is 2.23 bits per heavy atom. The quantitative estimate of drug-likeness (QED) is 0.734. The van der Waals surface area contributed by atoms with Crippen LogP contribution in [0.2, 0.25) is 0 Å². The van der Waals surface area contributed by atoms with Gasteiger partial charge in [0.15, 0.2) is 0 Å². The monoisotopic (exact) mass is 199 g/mol. The average Bonchev–Trinajstić information content (AvgIpc) is 2.20. The SMILES string of the molecule is CC.CSNCc1ccc(O)cc1. The molecule has 0 aliphatic carbocycles. The maximum absolute atomic E-state index is 8.96. The number of phenols is 1. The van der Waals surface area contributed by atoms with Crippen LogP contribution in [-0.2, 0) is 6.54 Å². The molecule has 2 nitrogen and oxygen atoms in total. The van der Waals surface area contributed by atoms with E-state index in [1.54, 1.807) is 24.1 Å². The van der Waals surface area contributed by atoms with Crippen molar-refractivity contribution < 1.29 is 5.11 Å². The van der Waals surface area contributed by atoms with Gasteiger partial charge in [-0.1, -0.05) is 37.9 Å². The van der Waals surface area contributed by atoms with Gasteiger partial charge in [0.2, 0.25) is 0 Å². The summed E-state index contributed by atoms with van der Waals surface area (Å²) in [5, 5.41) is 8.96. The summed E-state index contributed by atoms with van der Waals surface area (Å²) in [5.74, 6) is 0.318. The van der Waals surface area contributed by atoms with Crippen LogP contribution in [0.15, 0.2) is 24.3 Å². The summed E-state index contributed by atoms with van der Waals surface area (Å²) < 4.78 is 3.12. The van der Waals surface area contributed by atoms with Crippen molar-refractivity contribution in [3.8, 4) is 5.75 Å². The highest BCUT2D eigenvalue weighted by molar-refractivity contribution is 7.96. The number of benzene rings is 1. The van der Waals surface area contributed by atoms with E-state index in [-0.39, 0.29) is 0 Å². The van der Waals surface area contributed by atoms with E-state index in [2.05, 4.69) is 4.72 Å². The van der Waals surface area contributed by atoms with Gasteiger partial charge in [-0.05, 0) is 24.0 Å². The normalized spacial score (nSPS) is 8.85. The van der Waals surface area contributed by atoms with Gasteiger partial charge >= 0.3 is 0 Å². The van der Waals surface area contributed by atoms with E-state index in [0.29, 0.717) is 5.75 Å². The zero-order chi connectivity index (χ0) is 10.1.